The van der Waals surface area contributed by atoms with E-state index in [4.69, 9.17) is 21.1 Å². The molecule has 0 N–H and O–H groups in total. The number of rotatable bonds is 6. The molecule has 0 aromatic heterocycles. The minimum atomic E-state index is -4.62. The summed E-state index contributed by atoms with van der Waals surface area (Å²) in [4.78, 5) is 12.4. The molecule has 1 aliphatic rings. The van der Waals surface area contributed by atoms with Gasteiger partial charge in [0.25, 0.3) is 0 Å². The van der Waals surface area contributed by atoms with E-state index in [1.807, 2.05) is 30.3 Å². The normalized spacial score (nSPS) is 20.8. The first kappa shape index (κ1) is 21.2. The molecular formula is C22H20ClF3O3. The molecule has 29 heavy (non-hydrogen) atoms. The second-order valence-corrected chi connectivity index (χ2v) is 7.91. The number of halogens is 4. The number of carbonyl (C=O) groups is 1. The van der Waals surface area contributed by atoms with Crippen molar-refractivity contribution >= 4 is 17.6 Å². The van der Waals surface area contributed by atoms with Gasteiger partial charge in [-0.15, -0.1) is 0 Å². The van der Waals surface area contributed by atoms with Gasteiger partial charge in [-0.05, 0) is 41.2 Å². The molecule has 0 bridgehead atoms. The molecule has 2 atom stereocenters. The van der Waals surface area contributed by atoms with Crippen molar-refractivity contribution in [3.63, 3.8) is 0 Å². The number of esters is 1. The molecule has 2 aromatic rings. The van der Waals surface area contributed by atoms with Gasteiger partial charge in [0.15, 0.2) is 0 Å². The van der Waals surface area contributed by atoms with Gasteiger partial charge in [-0.3, -0.25) is 4.79 Å². The van der Waals surface area contributed by atoms with Gasteiger partial charge < -0.3 is 9.47 Å². The molecule has 0 aliphatic heterocycles. The fraction of sp³-hybridized carbons (Fsp3) is 0.318. The maximum atomic E-state index is 12.7. The van der Waals surface area contributed by atoms with Gasteiger partial charge in [0.1, 0.15) is 23.1 Å². The average Bonchev–Trinajstić information content (AvgIpc) is 3.20. The number of hydrogen-bond acceptors (Lipinski definition) is 3. The van der Waals surface area contributed by atoms with Crippen molar-refractivity contribution < 1.29 is 27.4 Å². The highest BCUT2D eigenvalue weighted by molar-refractivity contribution is 6.30. The van der Waals surface area contributed by atoms with E-state index in [1.54, 1.807) is 38.1 Å². The molecule has 0 saturated heterocycles. The molecule has 1 aliphatic carbocycles. The maximum Gasteiger partial charge on any atom is 0.426 e. The Morgan fingerprint density at radius 2 is 1.76 bits per heavy atom. The molecule has 0 spiro atoms. The number of para-hydroxylation sites is 1. The second kappa shape index (κ2) is 8.11. The van der Waals surface area contributed by atoms with Crippen LogP contribution in [0.1, 0.15) is 19.4 Å². The lowest BCUT2D eigenvalue weighted by molar-refractivity contribution is -0.147. The zero-order valence-electron chi connectivity index (χ0n) is 15.9. The minimum Gasteiger partial charge on any atom is -0.461 e. The van der Waals surface area contributed by atoms with E-state index in [-0.39, 0.29) is 6.61 Å². The van der Waals surface area contributed by atoms with Crippen LogP contribution in [-0.2, 0) is 16.1 Å². The van der Waals surface area contributed by atoms with Gasteiger partial charge in [0.2, 0.25) is 0 Å². The Kier molecular flexibility index (Phi) is 5.94. The van der Waals surface area contributed by atoms with Gasteiger partial charge in [-0.25, -0.2) is 0 Å². The Morgan fingerprint density at radius 3 is 2.41 bits per heavy atom. The smallest absolute Gasteiger partial charge is 0.426 e. The Bertz CT molecular complexity index is 907. The van der Waals surface area contributed by atoms with Crippen LogP contribution in [0, 0.1) is 17.3 Å². The first-order valence-electron chi connectivity index (χ1n) is 9.02. The lowest BCUT2D eigenvalue weighted by Crippen LogP contribution is -2.11. The molecular weight excluding hydrogens is 405 g/mol. The van der Waals surface area contributed by atoms with Gasteiger partial charge in [0.05, 0.1) is 5.92 Å². The van der Waals surface area contributed by atoms with Crippen molar-refractivity contribution in [3.8, 4) is 11.5 Å². The van der Waals surface area contributed by atoms with Crippen molar-refractivity contribution in [2.75, 3.05) is 0 Å². The number of allylic oxidation sites excluding steroid dienone is 2. The molecule has 0 unspecified atom stereocenters. The van der Waals surface area contributed by atoms with Gasteiger partial charge in [-0.2, -0.15) is 13.2 Å². The van der Waals surface area contributed by atoms with E-state index in [9.17, 15) is 18.0 Å². The molecule has 154 valence electrons. The molecule has 3 nitrogen and oxygen atoms in total. The first-order valence-corrected chi connectivity index (χ1v) is 9.40. The molecule has 0 radical (unpaired) electrons. The maximum absolute atomic E-state index is 12.7. The molecule has 3 rings (SSSR count). The number of benzene rings is 2. The Balaban J connectivity index is 1.60. The molecule has 7 heteroatoms. The number of hydrogen-bond donors (Lipinski definition) is 0. The third-order valence-corrected chi connectivity index (χ3v) is 5.36. The van der Waals surface area contributed by atoms with E-state index in [2.05, 4.69) is 0 Å². The number of carbonyl (C=O) groups excluding carboxylic acids is 1. The van der Waals surface area contributed by atoms with Crippen LogP contribution in [0.25, 0.3) is 0 Å². The molecule has 1 fully saturated rings. The average molecular weight is 425 g/mol. The summed E-state index contributed by atoms with van der Waals surface area (Å²) in [5.74, 6) is -0.552. The van der Waals surface area contributed by atoms with Crippen molar-refractivity contribution in [3.05, 3.63) is 71.3 Å². The molecule has 1 saturated carbocycles. The van der Waals surface area contributed by atoms with Crippen LogP contribution in [0.2, 0.25) is 0 Å². The summed E-state index contributed by atoms with van der Waals surface area (Å²) in [7, 11) is 0. The predicted octanol–water partition coefficient (Wildman–Crippen LogP) is 6.48. The monoisotopic (exact) mass is 424 g/mol. The standard InChI is InChI=1S/C22H20ClF3O3/c1-21(2)17(12-18(23)22(24,25)26)19(21)20(27)28-13-14-7-6-10-16(11-14)29-15-8-4-3-5-9-15/h3-12,17,19H,13H2,1-2H3/t17-,19-/m0/s1. The number of ether oxygens (including phenoxy) is 2. The van der Waals surface area contributed by atoms with E-state index < -0.39 is 34.4 Å². The molecule has 2 aromatic carbocycles. The summed E-state index contributed by atoms with van der Waals surface area (Å²) >= 11 is 5.32. The predicted molar refractivity (Wildman–Crippen MR) is 104 cm³/mol. The van der Waals surface area contributed by atoms with Crippen molar-refractivity contribution in [2.24, 2.45) is 17.3 Å². The molecule has 0 amide bonds. The quantitative estimate of drug-likeness (QED) is 0.498. The third kappa shape index (κ3) is 5.12. The van der Waals surface area contributed by atoms with Crippen molar-refractivity contribution in [2.45, 2.75) is 26.6 Å². The third-order valence-electron chi connectivity index (χ3n) is 5.02. The summed E-state index contributed by atoms with van der Waals surface area (Å²) in [6, 6.07) is 16.3. The second-order valence-electron chi connectivity index (χ2n) is 7.51. The van der Waals surface area contributed by atoms with Crippen LogP contribution in [0.15, 0.2) is 65.7 Å². The van der Waals surface area contributed by atoms with E-state index in [1.165, 1.54) is 0 Å². The summed E-state index contributed by atoms with van der Waals surface area (Å²) < 4.78 is 49.0. The van der Waals surface area contributed by atoms with Crippen LogP contribution in [0.3, 0.4) is 0 Å². The van der Waals surface area contributed by atoms with E-state index in [0.717, 1.165) is 6.08 Å². The highest BCUT2D eigenvalue weighted by Gasteiger charge is 2.62. The summed E-state index contributed by atoms with van der Waals surface area (Å²) in [5.41, 5.74) is 0.0754. The fourth-order valence-corrected chi connectivity index (χ4v) is 3.39. The molecule has 0 heterocycles. The SMILES string of the molecule is CC1(C)[C@H](C(=O)OCc2cccc(Oc3ccccc3)c2)[C@@H]1C=C(Cl)C(F)(F)F. The highest BCUT2D eigenvalue weighted by Crippen LogP contribution is 2.60. The van der Waals surface area contributed by atoms with Gasteiger partial charge in [0, 0.05) is 0 Å². The fourth-order valence-electron chi connectivity index (χ4n) is 3.26. The minimum absolute atomic E-state index is 0.000834. The van der Waals surface area contributed by atoms with Crippen LogP contribution in [-0.4, -0.2) is 12.1 Å². The van der Waals surface area contributed by atoms with Gasteiger partial charge in [-0.1, -0.05) is 61.9 Å². The number of alkyl halides is 3. The van der Waals surface area contributed by atoms with Crippen LogP contribution >= 0.6 is 11.6 Å². The lowest BCUT2D eigenvalue weighted by Gasteiger charge is -2.09. The zero-order valence-corrected chi connectivity index (χ0v) is 16.6. The Morgan fingerprint density at radius 1 is 1.10 bits per heavy atom. The largest absolute Gasteiger partial charge is 0.461 e. The van der Waals surface area contributed by atoms with E-state index >= 15 is 0 Å². The summed E-state index contributed by atoms with van der Waals surface area (Å²) in [6.45, 7) is 3.44. The first-order chi connectivity index (χ1) is 13.6. The highest BCUT2D eigenvalue weighted by atomic mass is 35.5. The van der Waals surface area contributed by atoms with E-state index in [0.29, 0.717) is 17.1 Å². The van der Waals surface area contributed by atoms with Crippen LogP contribution < -0.4 is 4.74 Å². The summed E-state index contributed by atoms with van der Waals surface area (Å²) in [5, 5.41) is -1.21. The van der Waals surface area contributed by atoms with Gasteiger partial charge >= 0.3 is 12.1 Å². The lowest BCUT2D eigenvalue weighted by atomic mass is 10.1. The van der Waals surface area contributed by atoms with Crippen molar-refractivity contribution in [1.82, 2.24) is 0 Å². The topological polar surface area (TPSA) is 35.5 Å². The Hall–Kier alpha value is -2.47. The summed E-state index contributed by atoms with van der Waals surface area (Å²) in [6.07, 6.45) is -3.71. The van der Waals surface area contributed by atoms with Crippen LogP contribution in [0.4, 0.5) is 13.2 Å². The zero-order chi connectivity index (χ0) is 21.2. The Labute approximate surface area is 172 Å². The van der Waals surface area contributed by atoms with Crippen molar-refractivity contribution in [1.29, 1.82) is 0 Å². The van der Waals surface area contributed by atoms with Crippen LogP contribution in [0.5, 0.6) is 11.5 Å².